The monoisotopic (exact) mass is 780 g/mol. The van der Waals surface area contributed by atoms with E-state index < -0.39 is 91.9 Å². The van der Waals surface area contributed by atoms with E-state index in [2.05, 4.69) is 0 Å². The van der Waals surface area contributed by atoms with Crippen LogP contribution in [0.25, 0.3) is 0 Å². The van der Waals surface area contributed by atoms with E-state index in [1.165, 1.54) is 6.92 Å². The number of carbonyl (C=O) groups is 4. The molecule has 0 unspecified atom stereocenters. The van der Waals surface area contributed by atoms with E-state index in [1.54, 1.807) is 0 Å². The number of ether oxygens (including phenoxy) is 10. The highest BCUT2D eigenvalue weighted by molar-refractivity contribution is 5.68. The summed E-state index contributed by atoms with van der Waals surface area (Å²) in [5, 5.41) is 11.5. The molecule has 0 spiro atoms. The first kappa shape index (κ1) is 42.4. The summed E-state index contributed by atoms with van der Waals surface area (Å²) in [5.41, 5.74) is 2.57. The lowest BCUT2D eigenvalue weighted by Crippen LogP contribution is -2.64. The second-order valence-corrected chi connectivity index (χ2v) is 13.2. The van der Waals surface area contributed by atoms with E-state index in [-0.39, 0.29) is 26.4 Å². The van der Waals surface area contributed by atoms with Crippen molar-refractivity contribution in [1.82, 2.24) is 0 Å². The van der Waals surface area contributed by atoms with Crippen molar-refractivity contribution in [2.75, 3.05) is 13.2 Å². The molecule has 1 N–H and O–H groups in total. The minimum atomic E-state index is -1.53. The molecule has 0 aliphatic carbocycles. The number of aliphatic hydroxyl groups excluding tert-OH is 1. The molecule has 0 aromatic heterocycles. The summed E-state index contributed by atoms with van der Waals surface area (Å²) < 4.78 is 59.7. The minimum Gasteiger partial charge on any atom is -0.463 e. The van der Waals surface area contributed by atoms with Crippen LogP contribution in [0, 0.1) is 0 Å². The molecule has 3 aromatic carbocycles. The van der Waals surface area contributed by atoms with Crippen LogP contribution in [-0.4, -0.2) is 104 Å². The van der Waals surface area contributed by atoms with Gasteiger partial charge in [-0.1, -0.05) is 91.0 Å². The van der Waals surface area contributed by atoms with Gasteiger partial charge in [0.2, 0.25) is 0 Å². The van der Waals surface area contributed by atoms with E-state index in [4.69, 9.17) is 47.4 Å². The molecule has 0 saturated carbocycles. The molecule has 0 bridgehead atoms. The average Bonchev–Trinajstić information content (AvgIpc) is 3.17. The number of hydrogen-bond acceptors (Lipinski definition) is 15. The second kappa shape index (κ2) is 21.0. The Hall–Kier alpha value is -4.74. The summed E-state index contributed by atoms with van der Waals surface area (Å²) >= 11 is 0. The smallest absolute Gasteiger partial charge is 0.303 e. The molecule has 0 radical (unpaired) electrons. The standard InChI is InChI=1S/C41H48O15/c1-25(42)47-23-33-35(52-26(2)43)37(53-27(3)44)39(54-28(4)45)41(56-33)51-24-32-34(48-20-29-14-8-5-9-15-29)36(49-21-30-16-10-6-11-17-30)38(40(46)55-32)50-22-31-18-12-7-13-19-31/h5-19,32-41,46H,20-24H2,1-4H3/t32-,33-,34-,35-,36+,37+,38-,39+,40-,41+/m1/s1. The van der Waals surface area contributed by atoms with Gasteiger partial charge in [-0.15, -0.1) is 0 Å². The highest BCUT2D eigenvalue weighted by Gasteiger charge is 2.54. The first-order chi connectivity index (χ1) is 27.0. The third kappa shape index (κ3) is 12.4. The molecule has 2 saturated heterocycles. The average molecular weight is 781 g/mol. The van der Waals surface area contributed by atoms with Gasteiger partial charge >= 0.3 is 23.9 Å². The van der Waals surface area contributed by atoms with Crippen LogP contribution in [0.4, 0.5) is 0 Å². The van der Waals surface area contributed by atoms with Crippen LogP contribution in [0.15, 0.2) is 91.0 Å². The molecule has 15 heteroatoms. The summed E-state index contributed by atoms with van der Waals surface area (Å²) in [6.07, 6.45) is -12.5. The number of esters is 4. The third-order valence-electron chi connectivity index (χ3n) is 8.84. The molecule has 10 atom stereocenters. The van der Waals surface area contributed by atoms with Crippen molar-refractivity contribution < 1.29 is 71.7 Å². The fourth-order valence-corrected chi connectivity index (χ4v) is 6.41. The Labute approximate surface area is 325 Å². The third-order valence-corrected chi connectivity index (χ3v) is 8.84. The Morgan fingerprint density at radius 2 is 0.911 bits per heavy atom. The Bertz CT molecular complexity index is 1690. The van der Waals surface area contributed by atoms with Crippen LogP contribution in [0.5, 0.6) is 0 Å². The number of hydrogen-bond donors (Lipinski definition) is 1. The molecule has 2 fully saturated rings. The van der Waals surface area contributed by atoms with Crippen molar-refractivity contribution in [3.63, 3.8) is 0 Å². The number of aliphatic hydroxyl groups is 1. The summed E-state index contributed by atoms with van der Waals surface area (Å²) in [7, 11) is 0. The summed E-state index contributed by atoms with van der Waals surface area (Å²) in [4.78, 5) is 48.7. The Morgan fingerprint density at radius 1 is 0.482 bits per heavy atom. The van der Waals surface area contributed by atoms with E-state index in [0.29, 0.717) is 0 Å². The fraction of sp³-hybridized carbons (Fsp3) is 0.463. The molecular formula is C41H48O15. The van der Waals surface area contributed by atoms with Crippen LogP contribution < -0.4 is 0 Å². The SMILES string of the molecule is CC(=O)OC[C@H]1O[C@H](OC[C@H]2O[C@@H](O)[C@H](OCc3ccccc3)[C@@H](OCc3ccccc3)[C@@H]2OCc2ccccc2)[C@@H](OC(C)=O)[C@@H](OC(C)=O)[C@@H]1OC(C)=O. The Balaban J connectivity index is 1.46. The zero-order valence-corrected chi connectivity index (χ0v) is 31.6. The van der Waals surface area contributed by atoms with Gasteiger partial charge in [0.15, 0.2) is 30.9 Å². The molecule has 2 aliphatic rings. The van der Waals surface area contributed by atoms with Gasteiger partial charge in [-0.2, -0.15) is 0 Å². The summed E-state index contributed by atoms with van der Waals surface area (Å²) in [6.45, 7) is 4.16. The number of rotatable bonds is 17. The zero-order valence-electron chi connectivity index (χ0n) is 31.6. The molecule has 3 aromatic rings. The van der Waals surface area contributed by atoms with Crippen molar-refractivity contribution in [3.05, 3.63) is 108 Å². The first-order valence-corrected chi connectivity index (χ1v) is 18.2. The normalized spacial score (nSPS) is 27.4. The van der Waals surface area contributed by atoms with Crippen LogP contribution in [0.3, 0.4) is 0 Å². The highest BCUT2D eigenvalue weighted by Crippen LogP contribution is 2.33. The van der Waals surface area contributed by atoms with Gasteiger partial charge in [0.1, 0.15) is 37.1 Å². The predicted molar refractivity (Wildman–Crippen MR) is 194 cm³/mol. The maximum atomic E-state index is 12.4. The lowest BCUT2D eigenvalue weighted by atomic mass is 9.97. The molecule has 5 rings (SSSR count). The molecule has 0 amide bonds. The van der Waals surface area contributed by atoms with Crippen molar-refractivity contribution in [3.8, 4) is 0 Å². The zero-order chi connectivity index (χ0) is 40.0. The van der Waals surface area contributed by atoms with Crippen molar-refractivity contribution >= 4 is 23.9 Å². The molecule has 2 heterocycles. The van der Waals surface area contributed by atoms with Gasteiger partial charge in [0.05, 0.1) is 26.4 Å². The fourth-order valence-electron chi connectivity index (χ4n) is 6.41. The minimum absolute atomic E-state index is 0.122. The molecular weight excluding hydrogens is 732 g/mol. The van der Waals surface area contributed by atoms with Crippen molar-refractivity contribution in [1.29, 1.82) is 0 Å². The van der Waals surface area contributed by atoms with Crippen molar-refractivity contribution in [2.24, 2.45) is 0 Å². The van der Waals surface area contributed by atoms with E-state index in [1.807, 2.05) is 91.0 Å². The van der Waals surface area contributed by atoms with E-state index >= 15 is 0 Å². The Morgan fingerprint density at radius 3 is 1.39 bits per heavy atom. The Kier molecular flexibility index (Phi) is 15.9. The van der Waals surface area contributed by atoms with Gasteiger partial charge < -0.3 is 52.5 Å². The maximum Gasteiger partial charge on any atom is 0.303 e. The molecule has 56 heavy (non-hydrogen) atoms. The maximum absolute atomic E-state index is 12.4. The van der Waals surface area contributed by atoms with Crippen LogP contribution >= 0.6 is 0 Å². The van der Waals surface area contributed by atoms with Gasteiger partial charge in [0, 0.05) is 27.7 Å². The van der Waals surface area contributed by atoms with Crippen LogP contribution in [0.2, 0.25) is 0 Å². The molecule has 2 aliphatic heterocycles. The van der Waals surface area contributed by atoms with E-state index in [9.17, 15) is 24.3 Å². The largest absolute Gasteiger partial charge is 0.463 e. The lowest BCUT2D eigenvalue weighted by Gasteiger charge is -2.46. The second-order valence-electron chi connectivity index (χ2n) is 13.2. The van der Waals surface area contributed by atoms with Gasteiger partial charge in [-0.05, 0) is 16.7 Å². The van der Waals surface area contributed by atoms with Gasteiger partial charge in [0.25, 0.3) is 0 Å². The predicted octanol–water partition coefficient (Wildman–Crippen LogP) is 3.56. The first-order valence-electron chi connectivity index (χ1n) is 18.2. The molecule has 15 nitrogen and oxygen atoms in total. The number of benzene rings is 3. The molecule has 302 valence electrons. The quantitative estimate of drug-likeness (QED) is 0.155. The van der Waals surface area contributed by atoms with Crippen molar-refractivity contribution in [2.45, 2.75) is 109 Å². The topological polar surface area (TPSA) is 181 Å². The number of carbonyl (C=O) groups excluding carboxylic acids is 4. The highest BCUT2D eigenvalue weighted by atomic mass is 16.7. The van der Waals surface area contributed by atoms with E-state index in [0.717, 1.165) is 37.5 Å². The van der Waals surface area contributed by atoms with Crippen LogP contribution in [0.1, 0.15) is 44.4 Å². The summed E-state index contributed by atoms with van der Waals surface area (Å²) in [6, 6.07) is 28.3. The lowest BCUT2D eigenvalue weighted by molar-refractivity contribution is -0.339. The summed E-state index contributed by atoms with van der Waals surface area (Å²) in [5.74, 6) is -3.00. The van der Waals surface area contributed by atoms with Gasteiger partial charge in [-0.3, -0.25) is 19.2 Å². The van der Waals surface area contributed by atoms with Gasteiger partial charge in [-0.25, -0.2) is 0 Å². The van der Waals surface area contributed by atoms with Crippen LogP contribution in [-0.2, 0) is 86.4 Å².